The molecule has 1 aliphatic rings. The minimum absolute atomic E-state index is 0.0433. The molecule has 2 N–H and O–H groups in total. The molecule has 148 valence electrons. The number of hydrogen-bond donors (Lipinski definition) is 1. The molecule has 1 aromatic carbocycles. The van der Waals surface area contributed by atoms with Crippen LogP contribution in [-0.4, -0.2) is 34.1 Å². The van der Waals surface area contributed by atoms with Crippen LogP contribution in [0.25, 0.3) is 0 Å². The molecule has 1 aliphatic heterocycles. The van der Waals surface area contributed by atoms with Crippen LogP contribution in [0.1, 0.15) is 36.5 Å². The van der Waals surface area contributed by atoms with Gasteiger partial charge in [-0.2, -0.15) is 10.5 Å². The molecule has 0 aliphatic carbocycles. The molecule has 1 amide bonds. The Morgan fingerprint density at radius 3 is 2.52 bits per heavy atom. The Kier molecular flexibility index (Phi) is 6.74. The molecule has 0 saturated carbocycles. The smallest absolute Gasteiger partial charge is 0.235 e. The summed E-state index contributed by atoms with van der Waals surface area (Å²) < 4.78 is 0. The molecule has 3 rings (SSSR count). The minimum Gasteiger partial charge on any atom is -0.383 e. The Morgan fingerprint density at radius 2 is 1.90 bits per heavy atom. The van der Waals surface area contributed by atoms with Gasteiger partial charge >= 0.3 is 0 Å². The van der Waals surface area contributed by atoms with Crippen molar-refractivity contribution in [1.82, 2.24) is 9.88 Å². The van der Waals surface area contributed by atoms with Gasteiger partial charge in [-0.15, -0.1) is 0 Å². The first-order valence-electron chi connectivity index (χ1n) is 9.62. The van der Waals surface area contributed by atoms with Gasteiger partial charge in [0, 0.05) is 13.1 Å². The molecule has 0 spiro atoms. The van der Waals surface area contributed by atoms with E-state index < -0.39 is 0 Å². The minimum atomic E-state index is -0.382. The summed E-state index contributed by atoms with van der Waals surface area (Å²) in [6, 6.07) is 15.8. The van der Waals surface area contributed by atoms with Gasteiger partial charge in [-0.3, -0.25) is 4.79 Å². The third kappa shape index (κ3) is 5.07. The highest BCUT2D eigenvalue weighted by Crippen LogP contribution is 2.30. The Labute approximate surface area is 175 Å². The van der Waals surface area contributed by atoms with E-state index in [9.17, 15) is 10.1 Å². The van der Waals surface area contributed by atoms with Crippen molar-refractivity contribution in [1.29, 1.82) is 10.5 Å². The number of amides is 1. The second-order valence-corrected chi connectivity index (χ2v) is 8.55. The average Bonchev–Trinajstić information content (AvgIpc) is 2.74. The number of carbonyl (C=O) groups excluding carboxylic acids is 1. The van der Waals surface area contributed by atoms with E-state index in [1.165, 1.54) is 23.4 Å². The number of piperidine rings is 1. The molecular weight excluding hydrogens is 382 g/mol. The summed E-state index contributed by atoms with van der Waals surface area (Å²) in [5, 5.41) is 18.4. The zero-order valence-electron chi connectivity index (χ0n) is 16.3. The monoisotopic (exact) mass is 405 g/mol. The topological polar surface area (TPSA) is 107 Å². The zero-order chi connectivity index (χ0) is 20.8. The lowest BCUT2D eigenvalue weighted by Crippen LogP contribution is -2.42. The van der Waals surface area contributed by atoms with Crippen molar-refractivity contribution < 1.29 is 4.79 Å². The van der Waals surface area contributed by atoms with Crippen molar-refractivity contribution in [2.45, 2.75) is 36.5 Å². The highest BCUT2D eigenvalue weighted by atomic mass is 32.2. The van der Waals surface area contributed by atoms with Crippen LogP contribution in [0.15, 0.2) is 41.4 Å². The lowest BCUT2D eigenvalue weighted by atomic mass is 9.90. The summed E-state index contributed by atoms with van der Waals surface area (Å²) in [6.45, 7) is 3.31. The standard InChI is InChI=1S/C22H23N5OS/c1-15(29-21-19(14-24)12-18(13-23)20(25)26-21)22(28)27-9-7-17(8-10-27)11-16-5-3-2-4-6-16/h2-6,12,15,17H,7-11H2,1H3,(H2,25,26)/t15-/m1/s1. The number of rotatable bonds is 5. The molecule has 29 heavy (non-hydrogen) atoms. The number of nitrogens with two attached hydrogens (primary N) is 1. The van der Waals surface area contributed by atoms with Crippen LogP contribution in [0, 0.1) is 28.6 Å². The van der Waals surface area contributed by atoms with Crippen molar-refractivity contribution >= 4 is 23.5 Å². The van der Waals surface area contributed by atoms with Gasteiger partial charge in [0.15, 0.2) is 0 Å². The Balaban J connectivity index is 1.58. The maximum Gasteiger partial charge on any atom is 0.235 e. The number of nitrogen functional groups attached to an aromatic ring is 1. The van der Waals surface area contributed by atoms with Gasteiger partial charge in [0.05, 0.1) is 16.4 Å². The maximum atomic E-state index is 12.9. The summed E-state index contributed by atoms with van der Waals surface area (Å²) in [5.41, 5.74) is 7.56. The first kappa shape index (κ1) is 20.7. The number of thioether (sulfide) groups is 1. The number of anilines is 1. The van der Waals surface area contributed by atoms with E-state index in [0.717, 1.165) is 32.4 Å². The number of nitriles is 2. The fourth-order valence-corrected chi connectivity index (χ4v) is 4.52. The maximum absolute atomic E-state index is 12.9. The molecule has 0 unspecified atom stereocenters. The summed E-state index contributed by atoms with van der Waals surface area (Å²) >= 11 is 1.22. The SMILES string of the molecule is C[C@@H](Sc1nc(N)c(C#N)cc1C#N)C(=O)N1CCC(Cc2ccccc2)CC1. The molecule has 2 aromatic rings. The van der Waals surface area contributed by atoms with Crippen molar-refractivity contribution in [3.8, 4) is 12.1 Å². The van der Waals surface area contributed by atoms with Crippen molar-refractivity contribution in [3.05, 3.63) is 53.1 Å². The van der Waals surface area contributed by atoms with E-state index in [2.05, 4.69) is 29.2 Å². The van der Waals surface area contributed by atoms with Gasteiger partial charge in [-0.1, -0.05) is 42.1 Å². The number of likely N-dealkylation sites (tertiary alicyclic amines) is 1. The number of carbonyl (C=O) groups is 1. The summed E-state index contributed by atoms with van der Waals surface area (Å²) in [6.07, 6.45) is 3.03. The number of pyridine rings is 1. The van der Waals surface area contributed by atoms with E-state index >= 15 is 0 Å². The predicted molar refractivity (Wildman–Crippen MR) is 113 cm³/mol. The van der Waals surface area contributed by atoms with Crippen LogP contribution < -0.4 is 5.73 Å². The average molecular weight is 406 g/mol. The summed E-state index contributed by atoms with van der Waals surface area (Å²) in [7, 11) is 0. The molecule has 2 heterocycles. The fourth-order valence-electron chi connectivity index (χ4n) is 3.55. The number of benzene rings is 1. The molecule has 7 heteroatoms. The van der Waals surface area contributed by atoms with E-state index in [1.54, 1.807) is 0 Å². The van der Waals surface area contributed by atoms with E-state index in [4.69, 9.17) is 11.0 Å². The third-order valence-corrected chi connectivity index (χ3v) is 6.28. The number of hydrogen-bond acceptors (Lipinski definition) is 6. The predicted octanol–water partition coefficient (Wildman–Crippen LogP) is 3.37. The van der Waals surface area contributed by atoms with Crippen LogP contribution in [0.2, 0.25) is 0 Å². The van der Waals surface area contributed by atoms with Gasteiger partial charge < -0.3 is 10.6 Å². The number of aromatic nitrogens is 1. The quantitative estimate of drug-likeness (QED) is 0.764. The molecule has 1 saturated heterocycles. The lowest BCUT2D eigenvalue weighted by Gasteiger charge is -2.33. The molecule has 6 nitrogen and oxygen atoms in total. The zero-order valence-corrected chi connectivity index (χ0v) is 17.2. The number of nitrogens with zero attached hydrogens (tertiary/aromatic N) is 4. The molecule has 0 radical (unpaired) electrons. The van der Waals surface area contributed by atoms with Gasteiger partial charge in [0.1, 0.15) is 23.0 Å². The van der Waals surface area contributed by atoms with Crippen LogP contribution in [0.4, 0.5) is 5.82 Å². The highest BCUT2D eigenvalue weighted by Gasteiger charge is 2.27. The van der Waals surface area contributed by atoms with E-state index in [0.29, 0.717) is 10.9 Å². The van der Waals surface area contributed by atoms with Crippen LogP contribution >= 0.6 is 11.8 Å². The summed E-state index contributed by atoms with van der Waals surface area (Å²) in [4.78, 5) is 19.0. The first-order chi connectivity index (χ1) is 14.0. The molecule has 1 aromatic heterocycles. The largest absolute Gasteiger partial charge is 0.383 e. The van der Waals surface area contributed by atoms with Gasteiger partial charge in [-0.25, -0.2) is 4.98 Å². The van der Waals surface area contributed by atoms with Crippen LogP contribution in [-0.2, 0) is 11.2 Å². The van der Waals surface area contributed by atoms with E-state index in [-0.39, 0.29) is 28.1 Å². The molecular formula is C22H23N5OS. The third-order valence-electron chi connectivity index (χ3n) is 5.19. The normalized spacial score (nSPS) is 15.3. The van der Waals surface area contributed by atoms with Crippen molar-refractivity contribution in [3.63, 3.8) is 0 Å². The molecule has 0 bridgehead atoms. The Morgan fingerprint density at radius 1 is 1.24 bits per heavy atom. The van der Waals surface area contributed by atoms with Gasteiger partial charge in [-0.05, 0) is 43.7 Å². The Hall–Kier alpha value is -3.03. The fraction of sp³-hybridized carbons (Fsp3) is 0.364. The van der Waals surface area contributed by atoms with Crippen molar-refractivity contribution in [2.75, 3.05) is 18.8 Å². The second-order valence-electron chi connectivity index (χ2n) is 7.22. The lowest BCUT2D eigenvalue weighted by molar-refractivity contribution is -0.131. The van der Waals surface area contributed by atoms with Gasteiger partial charge in [0.25, 0.3) is 0 Å². The first-order valence-corrected chi connectivity index (χ1v) is 10.5. The highest BCUT2D eigenvalue weighted by molar-refractivity contribution is 8.00. The van der Waals surface area contributed by atoms with Gasteiger partial charge in [0.2, 0.25) is 5.91 Å². The van der Waals surface area contributed by atoms with Crippen molar-refractivity contribution in [2.24, 2.45) is 5.92 Å². The van der Waals surface area contributed by atoms with Crippen LogP contribution in [0.3, 0.4) is 0 Å². The van der Waals surface area contributed by atoms with Crippen LogP contribution in [0.5, 0.6) is 0 Å². The molecule has 1 fully saturated rings. The van der Waals surface area contributed by atoms with E-state index in [1.807, 2.05) is 30.0 Å². The summed E-state index contributed by atoms with van der Waals surface area (Å²) in [5.74, 6) is 0.715. The Bertz CT molecular complexity index is 956. The molecule has 1 atom stereocenters. The second kappa shape index (κ2) is 9.45.